The van der Waals surface area contributed by atoms with E-state index in [1.54, 1.807) is 24.5 Å². The first kappa shape index (κ1) is 33.2. The second-order valence-corrected chi connectivity index (χ2v) is 12.9. The first-order valence-corrected chi connectivity index (χ1v) is 16.8. The summed E-state index contributed by atoms with van der Waals surface area (Å²) in [6, 6.07) is 18.6. The van der Waals surface area contributed by atoms with Crippen LogP contribution in [0.25, 0.3) is 6.08 Å². The molecule has 0 radical (unpaired) electrons. The molecule has 1 aliphatic heterocycles. The van der Waals surface area contributed by atoms with Crippen molar-refractivity contribution in [1.29, 1.82) is 0 Å². The zero-order valence-corrected chi connectivity index (χ0v) is 29.2. The SMILES string of the molecule is CCOC(=O)C1=C(C)N=c2s/c(=C/c3cc(Br)c(OCc4ccc(C)cc4)c(OCC)c3)c(=O)n2[C@H]1c1ccccc1OC(C)C. The highest BCUT2D eigenvalue weighted by Crippen LogP contribution is 2.38. The molecule has 0 saturated carbocycles. The Kier molecular flexibility index (Phi) is 10.5. The van der Waals surface area contributed by atoms with Crippen LogP contribution in [0.4, 0.5) is 0 Å². The molecule has 1 aromatic heterocycles. The molecular formula is C36H37BrN2O6S. The molecule has 2 heterocycles. The van der Waals surface area contributed by atoms with Crippen molar-refractivity contribution in [3.05, 3.63) is 118 Å². The highest BCUT2D eigenvalue weighted by molar-refractivity contribution is 9.10. The molecule has 0 saturated heterocycles. The lowest BCUT2D eigenvalue weighted by atomic mass is 9.95. The Labute approximate surface area is 280 Å². The summed E-state index contributed by atoms with van der Waals surface area (Å²) >= 11 is 4.92. The van der Waals surface area contributed by atoms with Crippen molar-refractivity contribution in [2.24, 2.45) is 4.99 Å². The summed E-state index contributed by atoms with van der Waals surface area (Å²) in [5, 5.41) is 0. The van der Waals surface area contributed by atoms with Crippen molar-refractivity contribution in [1.82, 2.24) is 4.57 Å². The summed E-state index contributed by atoms with van der Waals surface area (Å²) in [5.41, 5.74) is 4.15. The number of thiazole rings is 1. The van der Waals surface area contributed by atoms with Gasteiger partial charge in [-0.1, -0.05) is 59.4 Å². The number of aromatic nitrogens is 1. The van der Waals surface area contributed by atoms with E-state index in [1.165, 1.54) is 16.9 Å². The number of aryl methyl sites for hydroxylation is 1. The average molecular weight is 706 g/mol. The summed E-state index contributed by atoms with van der Waals surface area (Å²) in [4.78, 5) is 32.7. The number of halogens is 1. The minimum Gasteiger partial charge on any atom is -0.491 e. The predicted octanol–water partition coefficient (Wildman–Crippen LogP) is 6.63. The van der Waals surface area contributed by atoms with Gasteiger partial charge in [0.25, 0.3) is 5.56 Å². The Morgan fingerprint density at radius 1 is 1.02 bits per heavy atom. The minimum atomic E-state index is -0.782. The first-order chi connectivity index (χ1) is 22.1. The van der Waals surface area contributed by atoms with Crippen LogP contribution in [0, 0.1) is 6.92 Å². The predicted molar refractivity (Wildman–Crippen MR) is 183 cm³/mol. The number of benzene rings is 3. The fourth-order valence-corrected chi connectivity index (χ4v) is 6.84. The monoisotopic (exact) mass is 704 g/mol. The molecule has 0 unspecified atom stereocenters. The number of allylic oxidation sites excluding steroid dienone is 1. The van der Waals surface area contributed by atoms with Gasteiger partial charge >= 0.3 is 5.97 Å². The van der Waals surface area contributed by atoms with Crippen LogP contribution in [0.3, 0.4) is 0 Å². The molecular weight excluding hydrogens is 668 g/mol. The van der Waals surface area contributed by atoms with Gasteiger partial charge in [0.2, 0.25) is 0 Å². The van der Waals surface area contributed by atoms with Crippen molar-refractivity contribution in [3.63, 3.8) is 0 Å². The fourth-order valence-electron chi connectivity index (χ4n) is 5.22. The van der Waals surface area contributed by atoms with Gasteiger partial charge in [-0.25, -0.2) is 9.79 Å². The van der Waals surface area contributed by atoms with Gasteiger partial charge in [0, 0.05) is 5.56 Å². The van der Waals surface area contributed by atoms with Crippen LogP contribution in [-0.2, 0) is 16.1 Å². The third-order valence-electron chi connectivity index (χ3n) is 7.23. The van der Waals surface area contributed by atoms with Gasteiger partial charge in [-0.05, 0) is 92.9 Å². The lowest BCUT2D eigenvalue weighted by Gasteiger charge is -2.26. The lowest BCUT2D eigenvalue weighted by molar-refractivity contribution is -0.139. The molecule has 5 rings (SSSR count). The number of ether oxygens (including phenoxy) is 4. The number of nitrogens with zero attached hydrogens (tertiary/aromatic N) is 2. The van der Waals surface area contributed by atoms with Crippen molar-refractivity contribution in [2.75, 3.05) is 13.2 Å². The average Bonchev–Trinajstić information content (AvgIpc) is 3.31. The maximum absolute atomic E-state index is 14.2. The van der Waals surface area contributed by atoms with E-state index in [9.17, 15) is 9.59 Å². The van der Waals surface area contributed by atoms with E-state index in [2.05, 4.69) is 15.9 Å². The van der Waals surface area contributed by atoms with Crippen LogP contribution in [0.2, 0.25) is 0 Å². The minimum absolute atomic E-state index is 0.116. The number of carbonyl (C=O) groups excluding carboxylic acids is 1. The number of hydrogen-bond acceptors (Lipinski definition) is 8. The molecule has 1 atom stereocenters. The van der Waals surface area contributed by atoms with E-state index >= 15 is 0 Å². The molecule has 0 bridgehead atoms. The highest BCUT2D eigenvalue weighted by Gasteiger charge is 2.35. The van der Waals surface area contributed by atoms with Gasteiger partial charge in [0.1, 0.15) is 18.4 Å². The smallest absolute Gasteiger partial charge is 0.338 e. The zero-order valence-electron chi connectivity index (χ0n) is 26.8. The molecule has 240 valence electrons. The number of fused-ring (bicyclic) bond motifs is 1. The number of hydrogen-bond donors (Lipinski definition) is 0. The largest absolute Gasteiger partial charge is 0.491 e. The third kappa shape index (κ3) is 7.13. The number of rotatable bonds is 11. The zero-order chi connectivity index (χ0) is 33.0. The van der Waals surface area contributed by atoms with E-state index in [-0.39, 0.29) is 18.3 Å². The molecule has 0 fully saturated rings. The summed E-state index contributed by atoms with van der Waals surface area (Å²) in [7, 11) is 0. The van der Waals surface area contributed by atoms with Crippen LogP contribution in [0.5, 0.6) is 17.2 Å². The summed E-state index contributed by atoms with van der Waals surface area (Å²) < 4.78 is 26.4. The Hall–Kier alpha value is -4.15. The van der Waals surface area contributed by atoms with Crippen LogP contribution >= 0.6 is 27.3 Å². The van der Waals surface area contributed by atoms with E-state index < -0.39 is 12.0 Å². The van der Waals surface area contributed by atoms with Crippen molar-refractivity contribution >= 4 is 39.3 Å². The molecule has 0 spiro atoms. The van der Waals surface area contributed by atoms with Gasteiger partial charge in [-0.15, -0.1) is 0 Å². The summed E-state index contributed by atoms with van der Waals surface area (Å²) in [6.45, 7) is 12.3. The van der Waals surface area contributed by atoms with Crippen LogP contribution in [-0.4, -0.2) is 29.9 Å². The molecule has 10 heteroatoms. The molecule has 0 N–H and O–H groups in total. The lowest BCUT2D eigenvalue weighted by Crippen LogP contribution is -2.40. The highest BCUT2D eigenvalue weighted by atomic mass is 79.9. The molecule has 1 aliphatic rings. The third-order valence-corrected chi connectivity index (χ3v) is 8.80. The maximum atomic E-state index is 14.2. The van der Waals surface area contributed by atoms with E-state index in [4.69, 9.17) is 23.9 Å². The van der Waals surface area contributed by atoms with Gasteiger partial charge < -0.3 is 18.9 Å². The number of para-hydroxylation sites is 1. The maximum Gasteiger partial charge on any atom is 0.338 e. The van der Waals surface area contributed by atoms with Gasteiger partial charge in [-0.2, -0.15) is 0 Å². The van der Waals surface area contributed by atoms with Crippen molar-refractivity contribution in [2.45, 2.75) is 60.3 Å². The normalized spacial score (nSPS) is 14.6. The first-order valence-electron chi connectivity index (χ1n) is 15.2. The standard InChI is InChI=1S/C36H37BrN2O6S/c1-7-42-29-18-25(17-27(37)33(29)44-20-24-15-13-22(5)14-16-24)19-30-34(40)39-32(26-11-9-10-12-28(26)45-21(3)4)31(35(41)43-8-2)23(6)38-36(39)46-30/h9-19,21,32H,7-8,20H2,1-6H3/b30-19+/t32-/m0/s1. The molecule has 0 aliphatic carbocycles. The van der Waals surface area contributed by atoms with E-state index in [1.807, 2.05) is 88.4 Å². The Balaban J connectivity index is 1.61. The fraction of sp³-hybridized carbons (Fsp3) is 0.306. The van der Waals surface area contributed by atoms with E-state index in [0.29, 0.717) is 61.1 Å². The second-order valence-electron chi connectivity index (χ2n) is 11.0. The quantitative estimate of drug-likeness (QED) is 0.163. The van der Waals surface area contributed by atoms with Crippen molar-refractivity contribution in [3.8, 4) is 17.2 Å². The Morgan fingerprint density at radius 3 is 2.46 bits per heavy atom. The second kappa shape index (κ2) is 14.5. The molecule has 0 amide bonds. The van der Waals surface area contributed by atoms with Gasteiger partial charge in [0.05, 0.1) is 39.6 Å². The van der Waals surface area contributed by atoms with Crippen molar-refractivity contribution < 1.29 is 23.7 Å². The Bertz CT molecular complexity index is 1960. The number of carbonyl (C=O) groups is 1. The topological polar surface area (TPSA) is 88.4 Å². The molecule has 46 heavy (non-hydrogen) atoms. The molecule has 8 nitrogen and oxygen atoms in total. The van der Waals surface area contributed by atoms with Crippen LogP contribution in [0.15, 0.2) is 86.2 Å². The van der Waals surface area contributed by atoms with Crippen LogP contribution < -0.4 is 29.1 Å². The molecule has 4 aromatic rings. The summed E-state index contributed by atoms with van der Waals surface area (Å²) in [5.74, 6) is 1.20. The molecule has 3 aromatic carbocycles. The van der Waals surface area contributed by atoms with E-state index in [0.717, 1.165) is 11.1 Å². The summed E-state index contributed by atoms with van der Waals surface area (Å²) in [6.07, 6.45) is 1.69. The number of esters is 1. The van der Waals surface area contributed by atoms with Gasteiger partial charge in [-0.3, -0.25) is 9.36 Å². The van der Waals surface area contributed by atoms with Gasteiger partial charge in [0.15, 0.2) is 16.3 Å². The Morgan fingerprint density at radius 2 is 1.76 bits per heavy atom. The van der Waals surface area contributed by atoms with Crippen LogP contribution in [0.1, 0.15) is 62.9 Å².